The molecule has 0 saturated carbocycles. The first-order valence-electron chi connectivity index (χ1n) is 26.9. The number of hydrogen-bond donors (Lipinski definition) is 8. The van der Waals surface area contributed by atoms with Crippen LogP contribution >= 0.6 is 23.2 Å². The van der Waals surface area contributed by atoms with Crippen molar-refractivity contribution in [2.45, 2.75) is 109 Å². The van der Waals surface area contributed by atoms with Gasteiger partial charge in [-0.25, -0.2) is 4.98 Å². The van der Waals surface area contributed by atoms with Gasteiger partial charge >= 0.3 is 0 Å². The molecule has 2 aliphatic rings. The minimum absolute atomic E-state index is 0.00782. The number of amides is 3. The average Bonchev–Trinajstić information content (AvgIpc) is 4.08. The summed E-state index contributed by atoms with van der Waals surface area (Å²) < 4.78 is 3.09. The third-order valence-electron chi connectivity index (χ3n) is 14.9. The van der Waals surface area contributed by atoms with E-state index < -0.39 is 11.8 Å². The van der Waals surface area contributed by atoms with E-state index in [0.29, 0.717) is 148 Å². The number of halogens is 2. The molecule has 5 heterocycles. The van der Waals surface area contributed by atoms with Crippen LogP contribution in [0, 0.1) is 0 Å². The summed E-state index contributed by atoms with van der Waals surface area (Å²) in [6, 6.07) is 19.7. The van der Waals surface area contributed by atoms with E-state index in [1.54, 1.807) is 35.0 Å². The van der Waals surface area contributed by atoms with Crippen molar-refractivity contribution in [3.05, 3.63) is 121 Å². The van der Waals surface area contributed by atoms with Gasteiger partial charge in [0.25, 0.3) is 5.56 Å². The third kappa shape index (κ3) is 14.4. The largest absolute Gasteiger partial charge is 0.398 e. The van der Waals surface area contributed by atoms with Crippen molar-refractivity contribution in [3.63, 3.8) is 0 Å². The summed E-state index contributed by atoms with van der Waals surface area (Å²) >= 11 is 13.1. The lowest BCUT2D eigenvalue weighted by Crippen LogP contribution is -2.49. The predicted molar refractivity (Wildman–Crippen MR) is 305 cm³/mol. The number of hydrogen-bond acceptors (Lipinski definition) is 13. The van der Waals surface area contributed by atoms with Gasteiger partial charge in [0.2, 0.25) is 17.7 Å². The zero-order valence-corrected chi connectivity index (χ0v) is 46.0. The number of allylic oxidation sites excluding steroid dienone is 1. The molecular formula is C57H72Cl2N12O7. The highest BCUT2D eigenvalue weighted by Crippen LogP contribution is 2.40. The first-order valence-corrected chi connectivity index (χ1v) is 27.7. The molecule has 19 nitrogen and oxygen atoms in total. The van der Waals surface area contributed by atoms with Gasteiger partial charge in [0.15, 0.2) is 5.52 Å². The van der Waals surface area contributed by atoms with E-state index in [0.717, 1.165) is 46.2 Å². The Labute approximate surface area is 463 Å². The Bertz CT molecular complexity index is 3170. The van der Waals surface area contributed by atoms with Gasteiger partial charge in [-0.1, -0.05) is 91.1 Å². The quantitative estimate of drug-likeness (QED) is 0.0260. The van der Waals surface area contributed by atoms with Crippen LogP contribution in [0.1, 0.15) is 98.6 Å². The summed E-state index contributed by atoms with van der Waals surface area (Å²) in [5, 5.41) is 46.7. The number of nitrogens with one attached hydrogen (secondary N) is 4. The molecule has 9 N–H and O–H groups in total. The fraction of sp³-hybridized carbons (Fsp3) is 0.456. The van der Waals surface area contributed by atoms with Gasteiger partial charge in [-0.3, -0.25) is 38.3 Å². The summed E-state index contributed by atoms with van der Waals surface area (Å²) in [6.07, 6.45) is 9.17. The number of carbonyl (C=O) groups excluding carboxylic acids is 3. The average molecular weight is 1110 g/mol. The number of aliphatic hydroxyl groups excluding tert-OH is 2. The van der Waals surface area contributed by atoms with Crippen molar-refractivity contribution in [1.82, 2.24) is 50.1 Å². The number of H-pyrrole nitrogens is 1. The number of rotatable bonds is 25. The molecule has 3 aromatic carbocycles. The number of aromatic nitrogens is 5. The number of aliphatic hydroxyl groups is 3. The van der Waals surface area contributed by atoms with E-state index in [9.17, 15) is 34.5 Å². The minimum Gasteiger partial charge on any atom is -0.398 e. The number of nitrogens with zero attached hydrogens (tertiary/aromatic N) is 7. The van der Waals surface area contributed by atoms with E-state index in [2.05, 4.69) is 36.0 Å². The number of unbranched alkanes of at least 4 members (excludes halogenated alkanes) is 2. The van der Waals surface area contributed by atoms with Gasteiger partial charge < -0.3 is 46.9 Å². The summed E-state index contributed by atoms with van der Waals surface area (Å²) in [4.78, 5) is 67.7. The molecule has 0 aliphatic carbocycles. The zero-order chi connectivity index (χ0) is 55.3. The first-order chi connectivity index (χ1) is 37.6. The van der Waals surface area contributed by atoms with Crippen molar-refractivity contribution < 1.29 is 29.7 Å². The number of aromatic amines is 1. The predicted octanol–water partition coefficient (Wildman–Crippen LogP) is 5.53. The van der Waals surface area contributed by atoms with Crippen LogP contribution in [0.25, 0.3) is 38.9 Å². The second kappa shape index (κ2) is 26.9. The Balaban J connectivity index is 0.677. The topological polar surface area (TPSA) is 261 Å². The van der Waals surface area contributed by atoms with Gasteiger partial charge in [-0.15, -0.1) is 0 Å². The molecule has 416 valence electrons. The molecule has 78 heavy (non-hydrogen) atoms. The van der Waals surface area contributed by atoms with Gasteiger partial charge in [-0.05, 0) is 73.4 Å². The number of fused-ring (bicyclic) bond motifs is 4. The monoisotopic (exact) mass is 1110 g/mol. The molecule has 0 radical (unpaired) electrons. The van der Waals surface area contributed by atoms with E-state index in [4.69, 9.17) is 28.9 Å². The van der Waals surface area contributed by atoms with Gasteiger partial charge in [0.1, 0.15) is 11.7 Å². The molecule has 1 fully saturated rings. The van der Waals surface area contributed by atoms with Gasteiger partial charge in [0.05, 0.1) is 52.9 Å². The first kappa shape index (κ1) is 57.7. The van der Waals surface area contributed by atoms with Gasteiger partial charge in [0, 0.05) is 113 Å². The van der Waals surface area contributed by atoms with Crippen LogP contribution in [0.15, 0.2) is 82.9 Å². The Morgan fingerprint density at radius 1 is 0.949 bits per heavy atom. The Kier molecular flexibility index (Phi) is 19.9. The van der Waals surface area contributed by atoms with Crippen LogP contribution < -0.4 is 27.2 Å². The smallest absolute Gasteiger partial charge is 0.281 e. The van der Waals surface area contributed by atoms with Crippen molar-refractivity contribution in [1.29, 1.82) is 0 Å². The number of nitrogens with two attached hydrogens (primary N) is 1. The highest BCUT2D eigenvalue weighted by molar-refractivity contribution is 6.45. The summed E-state index contributed by atoms with van der Waals surface area (Å²) in [5.74, 6) is 0.0790. The number of aliphatic imine (C=N–C) groups is 1. The normalized spacial score (nSPS) is 15.7. The zero-order valence-electron chi connectivity index (χ0n) is 44.4. The van der Waals surface area contributed by atoms with Crippen molar-refractivity contribution in [2.24, 2.45) is 17.8 Å². The Hall–Kier alpha value is -6.45. The summed E-state index contributed by atoms with van der Waals surface area (Å²) in [6.45, 7) is 6.18. The van der Waals surface area contributed by atoms with E-state index in [1.807, 2.05) is 66.4 Å². The minimum atomic E-state index is -1.16. The van der Waals surface area contributed by atoms with Crippen LogP contribution in [-0.2, 0) is 47.5 Å². The maximum absolute atomic E-state index is 13.7. The molecule has 3 aromatic heterocycles. The SMILES string of the molecule is C[C@H](CC(=O)N1CCC(O)(Cn2cnc3c(-c4ccc(CNCCCNC(=O)CCCCCC(=O)NCCN=C/C=C(\N)c5cc(Cl)c(Cl)c6[nH]c7c(c56)CN(C(O)CO)CC7)cc4)n(C)nc3c2=O)CC1)c1ccccc1. The van der Waals surface area contributed by atoms with Crippen LogP contribution in [0.5, 0.6) is 0 Å². The Morgan fingerprint density at radius 2 is 1.67 bits per heavy atom. The second-order valence-electron chi connectivity index (χ2n) is 20.6. The van der Waals surface area contributed by atoms with Crippen LogP contribution in [0.2, 0.25) is 10.0 Å². The lowest BCUT2D eigenvalue weighted by Gasteiger charge is -2.38. The molecular weight excluding hydrogens is 1040 g/mol. The number of piperidine rings is 1. The fourth-order valence-corrected chi connectivity index (χ4v) is 10.8. The maximum atomic E-state index is 13.7. The summed E-state index contributed by atoms with van der Waals surface area (Å²) in [5.41, 5.74) is 13.2. The summed E-state index contributed by atoms with van der Waals surface area (Å²) in [7, 11) is 1.78. The molecule has 21 heteroatoms. The Morgan fingerprint density at radius 3 is 2.38 bits per heavy atom. The lowest BCUT2D eigenvalue weighted by molar-refractivity contribution is -0.136. The third-order valence-corrected chi connectivity index (χ3v) is 15.7. The van der Waals surface area contributed by atoms with Crippen molar-refractivity contribution >= 4 is 74.8 Å². The second-order valence-corrected chi connectivity index (χ2v) is 21.4. The molecule has 2 atom stereocenters. The van der Waals surface area contributed by atoms with E-state index in [-0.39, 0.29) is 47.9 Å². The lowest BCUT2D eigenvalue weighted by atomic mass is 9.90. The highest BCUT2D eigenvalue weighted by atomic mass is 35.5. The molecule has 1 unspecified atom stereocenters. The fourth-order valence-electron chi connectivity index (χ4n) is 10.4. The van der Waals surface area contributed by atoms with Crippen molar-refractivity contribution in [2.75, 3.05) is 52.4 Å². The number of likely N-dealkylation sites (tertiary alicyclic amines) is 1. The molecule has 1 saturated heterocycles. The molecule has 6 aromatic rings. The standard InChI is InChI=1S/C57H72Cl2N12O7/c1-37(39-10-5-3-6-11-39)30-48(75)69-28-20-57(78,21-29-69)35-71-36-65-53-54(56(71)77)67-68(2)55(53)40-16-14-38(15-17-40)32-62-22-9-23-63-46(73)12-7-4-8-13-47(74)64-26-25-61-24-18-44(60)41-31-43(58)51(59)52-50(41)42-33-70(49(76)34-72)27-19-45(42)66-52/h3,5-6,10-11,14-18,24,31,36-37,49,62,66,72,76,78H,4,7-9,12-13,19-23,25-30,32-35,60H2,1-2H3,(H,63,73)(H,64,74)/b44-18-,61-24?/t37-,49?/m1/s1. The number of aryl methyl sites for hydroxylation is 1. The number of benzene rings is 3. The van der Waals surface area contributed by atoms with E-state index >= 15 is 0 Å². The molecule has 3 amide bonds. The van der Waals surface area contributed by atoms with Gasteiger partial charge in [-0.2, -0.15) is 5.10 Å². The number of carbonyl (C=O) groups is 3. The van der Waals surface area contributed by atoms with Crippen LogP contribution in [-0.4, -0.2) is 138 Å². The maximum Gasteiger partial charge on any atom is 0.281 e. The molecule has 0 bridgehead atoms. The van der Waals surface area contributed by atoms with Crippen LogP contribution in [0.4, 0.5) is 0 Å². The van der Waals surface area contributed by atoms with Crippen LogP contribution in [0.3, 0.4) is 0 Å². The molecule has 8 rings (SSSR count). The van der Waals surface area contributed by atoms with E-state index in [1.165, 1.54) is 10.9 Å². The molecule has 0 spiro atoms. The molecule has 2 aliphatic heterocycles. The highest BCUT2D eigenvalue weighted by Gasteiger charge is 2.35. The van der Waals surface area contributed by atoms with Crippen molar-refractivity contribution in [3.8, 4) is 11.3 Å².